The number of nitrogens with one attached hydrogen (secondary N) is 2. The van der Waals surface area contributed by atoms with Gasteiger partial charge in [0.25, 0.3) is 0 Å². The largest absolute Gasteiger partial charge is 0.446 e. The van der Waals surface area contributed by atoms with Gasteiger partial charge in [-0.2, -0.15) is 13.2 Å². The van der Waals surface area contributed by atoms with Crippen molar-refractivity contribution in [2.24, 2.45) is 0 Å². The van der Waals surface area contributed by atoms with Gasteiger partial charge in [-0.3, -0.25) is 5.32 Å². The lowest BCUT2D eigenvalue weighted by Crippen LogP contribution is -2.30. The number of rotatable bonds is 6. The Morgan fingerprint density at radius 3 is 2.73 bits per heavy atom. The van der Waals surface area contributed by atoms with Gasteiger partial charge in [0.15, 0.2) is 11.7 Å². The van der Waals surface area contributed by atoms with E-state index in [0.717, 1.165) is 18.2 Å². The van der Waals surface area contributed by atoms with Crippen LogP contribution in [0.2, 0.25) is 0 Å². The zero-order chi connectivity index (χ0) is 23.6. The molecule has 0 aliphatic heterocycles. The number of oxazole rings is 1. The van der Waals surface area contributed by atoms with Gasteiger partial charge in [0, 0.05) is 42.9 Å². The lowest BCUT2D eigenvalue weighted by Gasteiger charge is -2.11. The SMILES string of the molecule is CCc1cnc(CCNC(=O)Nc2cn3cc(-c4cnc(N)c(C(F)(F)F)c4)ccc3n2)o1. The first-order chi connectivity index (χ1) is 15.7. The third-order valence-electron chi connectivity index (χ3n) is 4.82. The molecular weight excluding hydrogens is 439 g/mol. The Morgan fingerprint density at radius 1 is 1.18 bits per heavy atom. The van der Waals surface area contributed by atoms with Crippen molar-refractivity contribution in [1.29, 1.82) is 0 Å². The number of anilines is 2. The number of hydrogen-bond acceptors (Lipinski definition) is 6. The van der Waals surface area contributed by atoms with Crippen LogP contribution in [0.4, 0.5) is 29.6 Å². The topological polar surface area (TPSA) is 123 Å². The number of imidazole rings is 1. The van der Waals surface area contributed by atoms with Crippen LogP contribution in [-0.4, -0.2) is 31.9 Å². The minimum absolute atomic E-state index is 0.247. The molecule has 4 aromatic rings. The van der Waals surface area contributed by atoms with Gasteiger partial charge in [0.1, 0.15) is 17.2 Å². The third-order valence-corrected chi connectivity index (χ3v) is 4.82. The van der Waals surface area contributed by atoms with Crippen molar-refractivity contribution in [3.05, 3.63) is 60.2 Å². The number of fused-ring (bicyclic) bond motifs is 1. The molecule has 0 fully saturated rings. The Labute approximate surface area is 185 Å². The molecule has 0 aliphatic rings. The van der Waals surface area contributed by atoms with Gasteiger partial charge in [-0.1, -0.05) is 6.92 Å². The fraction of sp³-hybridized carbons (Fsp3) is 0.238. The van der Waals surface area contributed by atoms with E-state index in [1.807, 2.05) is 6.92 Å². The average molecular weight is 459 g/mol. The van der Waals surface area contributed by atoms with E-state index < -0.39 is 23.6 Å². The highest BCUT2D eigenvalue weighted by Crippen LogP contribution is 2.35. The van der Waals surface area contributed by atoms with Crippen LogP contribution in [0.3, 0.4) is 0 Å². The maximum absolute atomic E-state index is 13.1. The Hall–Kier alpha value is -4.09. The molecule has 0 aliphatic carbocycles. The molecule has 2 amide bonds. The van der Waals surface area contributed by atoms with Crippen molar-refractivity contribution in [2.75, 3.05) is 17.6 Å². The molecule has 0 bridgehead atoms. The molecule has 0 saturated carbocycles. The number of aryl methyl sites for hydroxylation is 1. The van der Waals surface area contributed by atoms with E-state index in [4.69, 9.17) is 10.2 Å². The highest BCUT2D eigenvalue weighted by atomic mass is 19.4. The fourth-order valence-electron chi connectivity index (χ4n) is 3.15. The number of carbonyl (C=O) groups is 1. The molecule has 0 unspecified atom stereocenters. The van der Waals surface area contributed by atoms with Crippen LogP contribution in [0.1, 0.15) is 24.1 Å². The summed E-state index contributed by atoms with van der Waals surface area (Å²) in [5.41, 5.74) is 5.59. The van der Waals surface area contributed by atoms with Crippen molar-refractivity contribution < 1.29 is 22.4 Å². The summed E-state index contributed by atoms with van der Waals surface area (Å²) in [6, 6.07) is 3.72. The second kappa shape index (κ2) is 8.81. The predicted molar refractivity (Wildman–Crippen MR) is 114 cm³/mol. The van der Waals surface area contributed by atoms with Gasteiger partial charge >= 0.3 is 12.2 Å². The molecule has 0 spiro atoms. The van der Waals surface area contributed by atoms with Crippen LogP contribution in [-0.2, 0) is 19.0 Å². The highest BCUT2D eigenvalue weighted by molar-refractivity contribution is 5.88. The van der Waals surface area contributed by atoms with E-state index in [1.165, 1.54) is 6.20 Å². The van der Waals surface area contributed by atoms with Crippen LogP contribution in [0.15, 0.2) is 47.4 Å². The number of hydrogen-bond donors (Lipinski definition) is 3. The lowest BCUT2D eigenvalue weighted by molar-refractivity contribution is -0.137. The van der Waals surface area contributed by atoms with E-state index in [0.29, 0.717) is 30.1 Å². The second-order valence-corrected chi connectivity index (χ2v) is 7.17. The summed E-state index contributed by atoms with van der Waals surface area (Å²) in [7, 11) is 0. The Kier molecular flexibility index (Phi) is 5.90. The summed E-state index contributed by atoms with van der Waals surface area (Å²) in [5.74, 6) is 1.02. The standard InChI is InChI=1S/C21H20F3N7O2/c1-2-14-9-27-18(33-14)5-6-26-20(32)30-16-11-31-10-12(3-4-17(31)29-16)13-7-15(21(22,23)24)19(25)28-8-13/h3-4,7-11H,2,5-6H2,1H3,(H2,25,28)(H2,26,30,32). The maximum atomic E-state index is 13.1. The first kappa shape index (κ1) is 22.1. The smallest absolute Gasteiger partial charge is 0.419 e. The number of carbonyl (C=O) groups excluding carboxylic acids is 1. The molecule has 33 heavy (non-hydrogen) atoms. The van der Waals surface area contributed by atoms with Crippen LogP contribution in [0.5, 0.6) is 0 Å². The summed E-state index contributed by atoms with van der Waals surface area (Å²) in [5, 5.41) is 5.31. The van der Waals surface area contributed by atoms with Gasteiger partial charge in [0.05, 0.1) is 18.0 Å². The molecule has 0 saturated heterocycles. The van der Waals surface area contributed by atoms with E-state index in [2.05, 4.69) is 25.6 Å². The molecular formula is C21H20F3N7O2. The van der Waals surface area contributed by atoms with Crippen LogP contribution < -0.4 is 16.4 Å². The van der Waals surface area contributed by atoms with Gasteiger partial charge in [-0.15, -0.1) is 0 Å². The van der Waals surface area contributed by atoms with Crippen molar-refractivity contribution in [1.82, 2.24) is 24.7 Å². The van der Waals surface area contributed by atoms with Gasteiger partial charge in [0.2, 0.25) is 0 Å². The Bertz CT molecular complexity index is 1300. The summed E-state index contributed by atoms with van der Waals surface area (Å²) >= 11 is 0. The number of pyridine rings is 2. The Balaban J connectivity index is 1.43. The molecule has 4 rings (SSSR count). The molecule has 4 N–H and O–H groups in total. The maximum Gasteiger partial charge on any atom is 0.419 e. The molecule has 0 radical (unpaired) electrons. The fourth-order valence-corrected chi connectivity index (χ4v) is 3.15. The summed E-state index contributed by atoms with van der Waals surface area (Å²) in [6.07, 6.45) is 2.65. The number of halogens is 3. The molecule has 12 heteroatoms. The number of nitrogens with zero attached hydrogens (tertiary/aromatic N) is 4. The Morgan fingerprint density at radius 2 is 2.00 bits per heavy atom. The number of aromatic nitrogens is 4. The summed E-state index contributed by atoms with van der Waals surface area (Å²) in [6.45, 7) is 2.28. The van der Waals surface area contributed by atoms with Crippen molar-refractivity contribution in [2.45, 2.75) is 25.9 Å². The zero-order valence-electron chi connectivity index (χ0n) is 17.5. The van der Waals surface area contributed by atoms with E-state index in [-0.39, 0.29) is 11.4 Å². The average Bonchev–Trinajstić information content (AvgIpc) is 3.38. The number of amides is 2. The molecule has 172 valence electrons. The summed E-state index contributed by atoms with van der Waals surface area (Å²) in [4.78, 5) is 24.2. The van der Waals surface area contributed by atoms with E-state index >= 15 is 0 Å². The quantitative estimate of drug-likeness (QED) is 0.402. The normalized spacial score (nSPS) is 11.6. The minimum atomic E-state index is -4.61. The number of alkyl halides is 3. The number of urea groups is 1. The van der Waals surface area contributed by atoms with Crippen molar-refractivity contribution in [3.8, 4) is 11.1 Å². The number of nitrogens with two attached hydrogens (primary N) is 1. The number of nitrogen functional groups attached to an aromatic ring is 1. The molecule has 9 nitrogen and oxygen atoms in total. The molecule has 0 atom stereocenters. The van der Waals surface area contributed by atoms with Gasteiger partial charge < -0.3 is 19.9 Å². The molecule has 4 heterocycles. The predicted octanol–water partition coefficient (Wildman–Crippen LogP) is 3.91. The second-order valence-electron chi connectivity index (χ2n) is 7.17. The third kappa shape index (κ3) is 5.05. The van der Waals surface area contributed by atoms with Crippen LogP contribution in [0.25, 0.3) is 16.8 Å². The van der Waals surface area contributed by atoms with Gasteiger partial charge in [-0.05, 0) is 18.2 Å². The van der Waals surface area contributed by atoms with Gasteiger partial charge in [-0.25, -0.2) is 19.7 Å². The zero-order valence-corrected chi connectivity index (χ0v) is 17.5. The first-order valence-electron chi connectivity index (χ1n) is 10.0. The molecule has 4 aromatic heterocycles. The van der Waals surface area contributed by atoms with Crippen molar-refractivity contribution >= 4 is 23.3 Å². The minimum Gasteiger partial charge on any atom is -0.446 e. The lowest BCUT2D eigenvalue weighted by atomic mass is 10.1. The monoisotopic (exact) mass is 459 g/mol. The highest BCUT2D eigenvalue weighted by Gasteiger charge is 2.34. The van der Waals surface area contributed by atoms with Crippen LogP contribution >= 0.6 is 0 Å². The van der Waals surface area contributed by atoms with E-state index in [1.54, 1.807) is 35.1 Å². The first-order valence-corrected chi connectivity index (χ1v) is 10.0. The van der Waals surface area contributed by atoms with Crippen LogP contribution in [0, 0.1) is 0 Å². The van der Waals surface area contributed by atoms with E-state index in [9.17, 15) is 18.0 Å². The van der Waals surface area contributed by atoms with Crippen molar-refractivity contribution in [3.63, 3.8) is 0 Å². The summed E-state index contributed by atoms with van der Waals surface area (Å²) < 4.78 is 46.5. The molecule has 0 aromatic carbocycles.